The average molecular weight is 232 g/mol. The molecule has 0 aliphatic rings. The number of aromatic nitrogens is 3. The van der Waals surface area contributed by atoms with Crippen LogP contribution in [0.25, 0.3) is 5.69 Å². The Morgan fingerprint density at radius 1 is 1.41 bits per heavy atom. The summed E-state index contributed by atoms with van der Waals surface area (Å²) in [5, 5.41) is 7.96. The van der Waals surface area contributed by atoms with Crippen molar-refractivity contribution in [1.82, 2.24) is 15.0 Å². The number of hydrogen-bond acceptors (Lipinski definition) is 4. The van der Waals surface area contributed by atoms with Gasteiger partial charge in [-0.25, -0.2) is 4.68 Å². The minimum atomic E-state index is 0.490. The topological polar surface area (TPSA) is 66.0 Å². The van der Waals surface area contributed by atoms with Crippen molar-refractivity contribution in [3.63, 3.8) is 0 Å². The second kappa shape index (κ2) is 4.97. The van der Waals surface area contributed by atoms with E-state index in [4.69, 9.17) is 10.5 Å². The van der Waals surface area contributed by atoms with E-state index in [2.05, 4.69) is 10.3 Å². The zero-order chi connectivity index (χ0) is 12.3. The van der Waals surface area contributed by atoms with Gasteiger partial charge in [-0.05, 0) is 24.1 Å². The van der Waals surface area contributed by atoms with E-state index in [9.17, 15) is 0 Å². The summed E-state index contributed by atoms with van der Waals surface area (Å²) < 4.78 is 6.88. The Hall–Kier alpha value is -1.88. The zero-order valence-electron chi connectivity index (χ0n) is 10.1. The lowest BCUT2D eigenvalue weighted by molar-refractivity contribution is 0.185. The average Bonchev–Trinajstić information content (AvgIpc) is 2.71. The van der Waals surface area contributed by atoms with Crippen LogP contribution in [-0.2, 0) is 17.8 Å². The Morgan fingerprint density at radius 3 is 2.94 bits per heavy atom. The summed E-state index contributed by atoms with van der Waals surface area (Å²) in [7, 11) is 1.68. The number of nitrogens with zero attached hydrogens (tertiary/aromatic N) is 3. The second-order valence-corrected chi connectivity index (χ2v) is 3.79. The van der Waals surface area contributed by atoms with Crippen LogP contribution in [0.1, 0.15) is 18.2 Å². The van der Waals surface area contributed by atoms with Crippen molar-refractivity contribution >= 4 is 5.82 Å². The molecular weight excluding hydrogens is 216 g/mol. The van der Waals surface area contributed by atoms with E-state index in [1.165, 1.54) is 0 Å². The Labute approximate surface area is 100 Å². The van der Waals surface area contributed by atoms with Gasteiger partial charge in [-0.1, -0.05) is 24.3 Å². The second-order valence-electron chi connectivity index (χ2n) is 3.79. The molecule has 1 aromatic carbocycles. The first-order valence-electron chi connectivity index (χ1n) is 5.54. The van der Waals surface area contributed by atoms with Crippen LogP contribution in [0, 0.1) is 0 Å². The molecule has 0 saturated carbocycles. The summed E-state index contributed by atoms with van der Waals surface area (Å²) >= 11 is 0. The molecule has 0 radical (unpaired) electrons. The summed E-state index contributed by atoms with van der Waals surface area (Å²) in [6, 6.07) is 7.99. The number of anilines is 1. The molecule has 0 spiro atoms. The van der Waals surface area contributed by atoms with Crippen molar-refractivity contribution in [2.24, 2.45) is 0 Å². The van der Waals surface area contributed by atoms with Crippen LogP contribution in [0.3, 0.4) is 0 Å². The molecule has 0 saturated heterocycles. The number of benzene rings is 1. The van der Waals surface area contributed by atoms with Gasteiger partial charge in [0.05, 0.1) is 18.0 Å². The van der Waals surface area contributed by atoms with E-state index < -0.39 is 0 Å². The molecule has 0 bridgehead atoms. The van der Waals surface area contributed by atoms with Crippen LogP contribution >= 0.6 is 0 Å². The summed E-state index contributed by atoms with van der Waals surface area (Å²) in [6.07, 6.45) is 0.799. The maximum Gasteiger partial charge on any atom is 0.169 e. The van der Waals surface area contributed by atoms with Crippen molar-refractivity contribution in [3.8, 4) is 5.69 Å². The SMILES string of the molecule is CCc1c(N)nnn1-c1cccc(COC)c1. The van der Waals surface area contributed by atoms with Gasteiger partial charge < -0.3 is 10.5 Å². The van der Waals surface area contributed by atoms with Crippen LogP contribution in [0.5, 0.6) is 0 Å². The van der Waals surface area contributed by atoms with Gasteiger partial charge in [0.25, 0.3) is 0 Å². The third-order valence-corrected chi connectivity index (χ3v) is 2.59. The third-order valence-electron chi connectivity index (χ3n) is 2.59. The van der Waals surface area contributed by atoms with E-state index >= 15 is 0 Å². The first-order chi connectivity index (χ1) is 8.26. The monoisotopic (exact) mass is 232 g/mol. The molecule has 5 heteroatoms. The highest BCUT2D eigenvalue weighted by atomic mass is 16.5. The van der Waals surface area contributed by atoms with E-state index in [0.29, 0.717) is 12.4 Å². The van der Waals surface area contributed by atoms with Gasteiger partial charge in [0.15, 0.2) is 5.82 Å². The van der Waals surface area contributed by atoms with Gasteiger partial charge >= 0.3 is 0 Å². The predicted molar refractivity (Wildman–Crippen MR) is 65.9 cm³/mol. The van der Waals surface area contributed by atoms with Crippen LogP contribution in [0.15, 0.2) is 24.3 Å². The van der Waals surface area contributed by atoms with Gasteiger partial charge in [-0.2, -0.15) is 0 Å². The van der Waals surface area contributed by atoms with Crippen molar-refractivity contribution in [3.05, 3.63) is 35.5 Å². The fourth-order valence-corrected chi connectivity index (χ4v) is 1.80. The van der Waals surface area contributed by atoms with Crippen LogP contribution < -0.4 is 5.73 Å². The number of ether oxygens (including phenoxy) is 1. The quantitative estimate of drug-likeness (QED) is 0.868. The molecule has 0 aliphatic carbocycles. The number of methoxy groups -OCH3 is 1. The standard InChI is InChI=1S/C12H16N4O/c1-3-11-12(13)14-15-16(11)10-6-4-5-9(7-10)8-17-2/h4-7H,3,8,13H2,1-2H3. The van der Waals surface area contributed by atoms with Crippen LogP contribution in [0.4, 0.5) is 5.82 Å². The first-order valence-corrected chi connectivity index (χ1v) is 5.54. The Kier molecular flexibility index (Phi) is 3.39. The normalized spacial score (nSPS) is 10.7. The molecule has 0 amide bonds. The Morgan fingerprint density at radius 2 is 2.24 bits per heavy atom. The Balaban J connectivity index is 2.41. The highest BCUT2D eigenvalue weighted by Crippen LogP contribution is 2.16. The number of hydrogen-bond donors (Lipinski definition) is 1. The molecule has 1 heterocycles. The van der Waals surface area contributed by atoms with Gasteiger partial charge in [0, 0.05) is 7.11 Å². The minimum Gasteiger partial charge on any atom is -0.381 e. The summed E-state index contributed by atoms with van der Waals surface area (Å²) in [5.41, 5.74) is 8.75. The highest BCUT2D eigenvalue weighted by Gasteiger charge is 2.09. The summed E-state index contributed by atoms with van der Waals surface area (Å²) in [5.74, 6) is 0.490. The molecule has 2 aromatic rings. The number of nitrogen functional groups attached to an aromatic ring is 1. The maximum atomic E-state index is 5.77. The fourth-order valence-electron chi connectivity index (χ4n) is 1.80. The van der Waals surface area contributed by atoms with E-state index in [0.717, 1.165) is 23.4 Å². The lowest BCUT2D eigenvalue weighted by Gasteiger charge is -2.07. The first kappa shape index (κ1) is 11.6. The third kappa shape index (κ3) is 2.29. The summed E-state index contributed by atoms with van der Waals surface area (Å²) in [6.45, 7) is 2.62. The molecule has 0 unspecified atom stereocenters. The Bertz CT molecular complexity index is 507. The van der Waals surface area contributed by atoms with Crippen molar-refractivity contribution in [1.29, 1.82) is 0 Å². The predicted octanol–water partition coefficient (Wildman–Crippen LogP) is 1.56. The maximum absolute atomic E-state index is 5.77. The molecule has 90 valence electrons. The van der Waals surface area contributed by atoms with Crippen LogP contribution in [-0.4, -0.2) is 22.1 Å². The van der Waals surface area contributed by atoms with Gasteiger partial charge in [-0.3, -0.25) is 0 Å². The van der Waals surface area contributed by atoms with Crippen molar-refractivity contribution in [2.45, 2.75) is 20.0 Å². The number of rotatable bonds is 4. The zero-order valence-corrected chi connectivity index (χ0v) is 10.1. The minimum absolute atomic E-state index is 0.490. The summed E-state index contributed by atoms with van der Waals surface area (Å²) in [4.78, 5) is 0. The van der Waals surface area contributed by atoms with Crippen molar-refractivity contribution < 1.29 is 4.74 Å². The molecule has 5 nitrogen and oxygen atoms in total. The van der Waals surface area contributed by atoms with Gasteiger partial charge in [0.1, 0.15) is 0 Å². The highest BCUT2D eigenvalue weighted by molar-refractivity contribution is 5.42. The van der Waals surface area contributed by atoms with Crippen molar-refractivity contribution in [2.75, 3.05) is 12.8 Å². The van der Waals surface area contributed by atoms with Gasteiger partial charge in [0.2, 0.25) is 0 Å². The molecule has 2 rings (SSSR count). The molecule has 17 heavy (non-hydrogen) atoms. The molecule has 1 aromatic heterocycles. The number of nitrogens with two attached hydrogens (primary N) is 1. The smallest absolute Gasteiger partial charge is 0.169 e. The molecular formula is C12H16N4O. The van der Waals surface area contributed by atoms with Crippen LogP contribution in [0.2, 0.25) is 0 Å². The van der Waals surface area contributed by atoms with E-state index in [-0.39, 0.29) is 0 Å². The molecule has 0 aliphatic heterocycles. The lowest BCUT2D eigenvalue weighted by atomic mass is 10.2. The molecule has 0 fully saturated rings. The largest absolute Gasteiger partial charge is 0.381 e. The van der Waals surface area contributed by atoms with E-state index in [1.807, 2.05) is 31.2 Å². The van der Waals surface area contributed by atoms with Gasteiger partial charge in [-0.15, -0.1) is 5.10 Å². The molecule has 2 N–H and O–H groups in total. The fraction of sp³-hybridized carbons (Fsp3) is 0.333. The molecule has 0 atom stereocenters. The lowest BCUT2D eigenvalue weighted by Crippen LogP contribution is -2.03. The van der Waals surface area contributed by atoms with E-state index in [1.54, 1.807) is 11.8 Å².